The minimum absolute atomic E-state index is 0.0234. The van der Waals surface area contributed by atoms with Gasteiger partial charge in [0.25, 0.3) is 5.91 Å². The zero-order valence-corrected chi connectivity index (χ0v) is 17.6. The Hall–Kier alpha value is -3.12. The summed E-state index contributed by atoms with van der Waals surface area (Å²) in [4.78, 5) is 17.5. The second-order valence-corrected chi connectivity index (χ2v) is 8.09. The van der Waals surface area contributed by atoms with Crippen molar-refractivity contribution in [1.82, 2.24) is 15.0 Å². The molecule has 3 heterocycles. The molecule has 2 aromatic carbocycles. The van der Waals surface area contributed by atoms with Gasteiger partial charge in [-0.3, -0.25) is 9.69 Å². The second-order valence-electron chi connectivity index (χ2n) is 8.09. The molecule has 0 atom stereocenters. The summed E-state index contributed by atoms with van der Waals surface area (Å²) in [6.45, 7) is 9.69. The van der Waals surface area contributed by atoms with E-state index in [9.17, 15) is 4.79 Å². The number of piperazine rings is 1. The van der Waals surface area contributed by atoms with Crippen LogP contribution in [0.3, 0.4) is 0 Å². The van der Waals surface area contributed by atoms with E-state index in [1.165, 1.54) is 0 Å². The summed E-state index contributed by atoms with van der Waals surface area (Å²) in [7, 11) is 0. The van der Waals surface area contributed by atoms with E-state index < -0.39 is 0 Å². The number of benzene rings is 2. The number of aryl methyl sites for hydroxylation is 3. The van der Waals surface area contributed by atoms with Crippen LogP contribution in [-0.4, -0.2) is 47.0 Å². The number of nitrogens with zero attached hydrogens (tertiary/aromatic N) is 3. The Balaban J connectivity index is 1.35. The van der Waals surface area contributed by atoms with Gasteiger partial charge in [0.15, 0.2) is 5.76 Å². The third-order valence-corrected chi connectivity index (χ3v) is 6.25. The molecule has 1 amide bonds. The predicted molar refractivity (Wildman–Crippen MR) is 116 cm³/mol. The molecule has 1 aliphatic heterocycles. The highest BCUT2D eigenvalue weighted by Crippen LogP contribution is 2.32. The SMILES string of the molecule is Cc1noc(C)c1CN1CCN(C(=O)c2oc3c(ccc4ccccc43)c2C)CC1. The van der Waals surface area contributed by atoms with Crippen LogP contribution >= 0.6 is 0 Å². The molecule has 0 N–H and O–H groups in total. The third-order valence-electron chi connectivity index (χ3n) is 6.25. The van der Waals surface area contributed by atoms with Crippen LogP contribution in [-0.2, 0) is 6.54 Å². The molecular weight excluding hydrogens is 378 g/mol. The van der Waals surface area contributed by atoms with Crippen LogP contribution in [0.1, 0.15) is 33.1 Å². The van der Waals surface area contributed by atoms with E-state index in [0.29, 0.717) is 18.8 Å². The van der Waals surface area contributed by atoms with Gasteiger partial charge in [0.2, 0.25) is 0 Å². The van der Waals surface area contributed by atoms with Crippen molar-refractivity contribution in [3.8, 4) is 0 Å². The minimum Gasteiger partial charge on any atom is -0.450 e. The molecule has 0 radical (unpaired) electrons. The number of hydrogen-bond acceptors (Lipinski definition) is 5. The summed E-state index contributed by atoms with van der Waals surface area (Å²) < 4.78 is 11.4. The maximum Gasteiger partial charge on any atom is 0.289 e. The van der Waals surface area contributed by atoms with E-state index >= 15 is 0 Å². The van der Waals surface area contributed by atoms with Crippen LogP contribution in [0, 0.1) is 20.8 Å². The molecule has 4 aromatic rings. The summed E-state index contributed by atoms with van der Waals surface area (Å²) >= 11 is 0. The van der Waals surface area contributed by atoms with Crippen LogP contribution in [0.2, 0.25) is 0 Å². The highest BCUT2D eigenvalue weighted by Gasteiger charge is 2.27. The highest BCUT2D eigenvalue weighted by molar-refractivity contribution is 6.08. The molecule has 2 aromatic heterocycles. The average molecular weight is 403 g/mol. The summed E-state index contributed by atoms with van der Waals surface area (Å²) in [5, 5.41) is 7.21. The van der Waals surface area contributed by atoms with Crippen LogP contribution in [0.25, 0.3) is 21.7 Å². The van der Waals surface area contributed by atoms with Crippen LogP contribution < -0.4 is 0 Å². The lowest BCUT2D eigenvalue weighted by Gasteiger charge is -2.34. The molecule has 6 nitrogen and oxygen atoms in total. The summed E-state index contributed by atoms with van der Waals surface area (Å²) in [6.07, 6.45) is 0. The summed E-state index contributed by atoms with van der Waals surface area (Å²) in [6, 6.07) is 12.3. The highest BCUT2D eigenvalue weighted by atomic mass is 16.5. The largest absolute Gasteiger partial charge is 0.450 e. The van der Waals surface area contributed by atoms with E-state index in [-0.39, 0.29) is 5.91 Å². The van der Waals surface area contributed by atoms with E-state index in [1.54, 1.807) is 0 Å². The van der Waals surface area contributed by atoms with Crippen molar-refractivity contribution in [2.75, 3.05) is 26.2 Å². The molecule has 0 spiro atoms. The lowest BCUT2D eigenvalue weighted by atomic mass is 10.1. The molecule has 1 fully saturated rings. The van der Waals surface area contributed by atoms with E-state index in [0.717, 1.165) is 64.0 Å². The predicted octanol–water partition coefficient (Wildman–Crippen LogP) is 4.46. The quantitative estimate of drug-likeness (QED) is 0.505. The Labute approximate surface area is 175 Å². The number of hydrogen-bond donors (Lipinski definition) is 0. The molecule has 1 aliphatic rings. The fraction of sp³-hybridized carbons (Fsp3) is 0.333. The van der Waals surface area contributed by atoms with Gasteiger partial charge in [-0.2, -0.15) is 0 Å². The van der Waals surface area contributed by atoms with Gasteiger partial charge in [0.1, 0.15) is 11.3 Å². The number of amides is 1. The van der Waals surface area contributed by atoms with Gasteiger partial charge in [-0.25, -0.2) is 0 Å². The molecule has 1 saturated heterocycles. The van der Waals surface area contributed by atoms with Crippen molar-refractivity contribution in [2.45, 2.75) is 27.3 Å². The monoisotopic (exact) mass is 403 g/mol. The Morgan fingerprint density at radius 2 is 1.77 bits per heavy atom. The smallest absolute Gasteiger partial charge is 0.289 e. The Bertz CT molecular complexity index is 1230. The second kappa shape index (κ2) is 7.29. The van der Waals surface area contributed by atoms with Crippen molar-refractivity contribution < 1.29 is 13.7 Å². The molecule has 154 valence electrons. The van der Waals surface area contributed by atoms with Crippen molar-refractivity contribution >= 4 is 27.6 Å². The van der Waals surface area contributed by atoms with E-state index in [2.05, 4.69) is 28.3 Å². The lowest BCUT2D eigenvalue weighted by Crippen LogP contribution is -2.48. The maximum atomic E-state index is 13.2. The Kier molecular flexibility index (Phi) is 4.59. The van der Waals surface area contributed by atoms with Gasteiger partial charge >= 0.3 is 0 Å². The zero-order chi connectivity index (χ0) is 20.8. The first-order chi connectivity index (χ1) is 14.5. The number of fused-ring (bicyclic) bond motifs is 3. The van der Waals surface area contributed by atoms with Crippen LogP contribution in [0.4, 0.5) is 0 Å². The third kappa shape index (κ3) is 3.08. The fourth-order valence-electron chi connectivity index (χ4n) is 4.36. The Morgan fingerprint density at radius 1 is 1.00 bits per heavy atom. The number of furan rings is 1. The first kappa shape index (κ1) is 18.9. The van der Waals surface area contributed by atoms with E-state index in [1.807, 2.05) is 43.9 Å². The lowest BCUT2D eigenvalue weighted by molar-refractivity contribution is 0.0598. The molecule has 0 unspecified atom stereocenters. The van der Waals surface area contributed by atoms with Crippen molar-refractivity contribution in [3.05, 3.63) is 64.7 Å². The summed E-state index contributed by atoms with van der Waals surface area (Å²) in [5.41, 5.74) is 3.80. The topological polar surface area (TPSA) is 62.7 Å². The Morgan fingerprint density at radius 3 is 2.50 bits per heavy atom. The summed E-state index contributed by atoms with van der Waals surface area (Å²) in [5.74, 6) is 1.31. The number of carbonyl (C=O) groups is 1. The minimum atomic E-state index is -0.0234. The first-order valence-electron chi connectivity index (χ1n) is 10.4. The van der Waals surface area contributed by atoms with Crippen molar-refractivity contribution in [1.29, 1.82) is 0 Å². The van der Waals surface area contributed by atoms with Crippen LogP contribution in [0.5, 0.6) is 0 Å². The van der Waals surface area contributed by atoms with E-state index in [4.69, 9.17) is 8.94 Å². The zero-order valence-electron chi connectivity index (χ0n) is 17.6. The molecular formula is C24H25N3O3. The van der Waals surface area contributed by atoms with Gasteiger partial charge in [0, 0.05) is 54.6 Å². The van der Waals surface area contributed by atoms with Gasteiger partial charge in [-0.1, -0.05) is 41.6 Å². The first-order valence-corrected chi connectivity index (χ1v) is 10.4. The van der Waals surface area contributed by atoms with Crippen LogP contribution in [0.15, 0.2) is 45.3 Å². The number of carbonyl (C=O) groups excluding carboxylic acids is 1. The van der Waals surface area contributed by atoms with Crippen molar-refractivity contribution in [2.24, 2.45) is 0 Å². The van der Waals surface area contributed by atoms with Gasteiger partial charge < -0.3 is 13.8 Å². The molecule has 0 bridgehead atoms. The molecule has 30 heavy (non-hydrogen) atoms. The fourth-order valence-corrected chi connectivity index (χ4v) is 4.36. The average Bonchev–Trinajstić information content (AvgIpc) is 3.28. The van der Waals surface area contributed by atoms with Gasteiger partial charge in [-0.15, -0.1) is 0 Å². The standard InChI is InChI=1S/C24H25N3O3/c1-15-19-9-8-18-6-4-5-7-20(18)23(19)29-22(15)24(28)27-12-10-26(11-13-27)14-21-16(2)25-30-17(21)3/h4-9H,10-14H2,1-3H3. The molecule has 5 rings (SSSR count). The molecule has 0 saturated carbocycles. The van der Waals surface area contributed by atoms with Gasteiger partial charge in [-0.05, 0) is 26.2 Å². The normalized spacial score (nSPS) is 15.4. The molecule has 6 heteroatoms. The van der Waals surface area contributed by atoms with Crippen molar-refractivity contribution in [3.63, 3.8) is 0 Å². The molecule has 0 aliphatic carbocycles. The number of rotatable bonds is 3. The van der Waals surface area contributed by atoms with Gasteiger partial charge in [0.05, 0.1) is 5.69 Å². The maximum absolute atomic E-state index is 13.2. The number of aromatic nitrogens is 1.